The van der Waals surface area contributed by atoms with Crippen LogP contribution in [0.25, 0.3) is 6.08 Å². The molecule has 2 amide bonds. The van der Waals surface area contributed by atoms with Crippen LogP contribution in [0.15, 0.2) is 66.7 Å². The van der Waals surface area contributed by atoms with Crippen LogP contribution >= 0.6 is 0 Å². The quantitative estimate of drug-likeness (QED) is 0.0212. The zero-order chi connectivity index (χ0) is 65.3. The number of rotatable bonds is 60. The van der Waals surface area contributed by atoms with Crippen LogP contribution in [-0.4, -0.2) is 121 Å². The van der Waals surface area contributed by atoms with E-state index in [1.165, 1.54) is 238 Å². The molecule has 2 rings (SSSR count). The minimum absolute atomic E-state index is 0.0278. The SMILES string of the molecule is CCCCCCCCCCCCCCCCCC(=O)N[C@@H](COC)[C@H](O)C(/C=C/c1ccccc1)N(CCCCCCCC)CCCCCCCC.CCCCCCCCCCCCCCCCCC(=O)N[C@@H](COC)[C@H](O)C=O.OB(O)c1ccccc1. The average molecular weight is 1250 g/mol. The Hall–Kier alpha value is -3.43. The number of methoxy groups -OCH3 is 2. The average Bonchev–Trinajstić information content (AvgIpc) is 3.75. The maximum absolute atomic E-state index is 13.2. The first-order valence-corrected chi connectivity index (χ1v) is 36.8. The first kappa shape index (κ1) is 85.6. The second kappa shape index (κ2) is 66.0. The van der Waals surface area contributed by atoms with E-state index in [-0.39, 0.29) is 24.5 Å². The molecule has 0 saturated carbocycles. The van der Waals surface area contributed by atoms with Crippen molar-refractivity contribution in [3.63, 3.8) is 0 Å². The van der Waals surface area contributed by atoms with Crippen molar-refractivity contribution < 1.29 is 44.1 Å². The van der Waals surface area contributed by atoms with Gasteiger partial charge < -0.3 is 45.2 Å². The Balaban J connectivity index is 0.00000173. The van der Waals surface area contributed by atoms with Gasteiger partial charge in [0.05, 0.1) is 37.4 Å². The minimum Gasteiger partial charge on any atom is -0.423 e. The predicted octanol–water partition coefficient (Wildman–Crippen LogP) is 17.2. The highest BCUT2D eigenvalue weighted by molar-refractivity contribution is 6.58. The molecule has 0 spiro atoms. The molecule has 514 valence electrons. The zero-order valence-electron chi connectivity index (χ0n) is 58.2. The van der Waals surface area contributed by atoms with E-state index in [1.54, 1.807) is 31.4 Å². The molecule has 13 heteroatoms. The van der Waals surface area contributed by atoms with E-state index in [1.807, 2.05) is 12.1 Å². The highest BCUT2D eigenvalue weighted by atomic mass is 16.5. The first-order chi connectivity index (χ1) is 43.5. The van der Waals surface area contributed by atoms with Gasteiger partial charge in [-0.25, -0.2) is 0 Å². The third-order valence-electron chi connectivity index (χ3n) is 17.1. The smallest absolute Gasteiger partial charge is 0.423 e. The Morgan fingerprint density at radius 3 is 1.07 bits per heavy atom. The number of ether oxygens (including phenoxy) is 2. The van der Waals surface area contributed by atoms with Crippen LogP contribution in [0.3, 0.4) is 0 Å². The predicted molar refractivity (Wildman–Crippen MR) is 379 cm³/mol. The largest absolute Gasteiger partial charge is 0.488 e. The number of unbranched alkanes of at least 4 members (excludes halogenated alkanes) is 38. The summed E-state index contributed by atoms with van der Waals surface area (Å²) in [6.45, 7) is 11.4. The Labute approximate surface area is 547 Å². The molecule has 0 aliphatic heterocycles. The van der Waals surface area contributed by atoms with Crippen molar-refractivity contribution in [1.82, 2.24) is 15.5 Å². The van der Waals surface area contributed by atoms with Gasteiger partial charge in [0, 0.05) is 27.1 Å². The molecular weight excluding hydrogens is 1110 g/mol. The van der Waals surface area contributed by atoms with Gasteiger partial charge in [-0.05, 0) is 49.8 Å². The van der Waals surface area contributed by atoms with Gasteiger partial charge in [0.1, 0.15) is 6.10 Å². The maximum atomic E-state index is 13.2. The van der Waals surface area contributed by atoms with Crippen molar-refractivity contribution in [2.75, 3.05) is 40.5 Å². The Morgan fingerprint density at radius 2 is 0.753 bits per heavy atom. The topological polar surface area (TPSA) is 178 Å². The van der Waals surface area contributed by atoms with Crippen LogP contribution in [0.1, 0.15) is 316 Å². The summed E-state index contributed by atoms with van der Waals surface area (Å²) in [5.74, 6) is -0.0994. The van der Waals surface area contributed by atoms with Gasteiger partial charge >= 0.3 is 7.12 Å². The number of aliphatic hydroxyl groups excluding tert-OH is 2. The van der Waals surface area contributed by atoms with E-state index in [4.69, 9.17) is 19.5 Å². The van der Waals surface area contributed by atoms with Crippen molar-refractivity contribution in [2.24, 2.45) is 0 Å². The second-order valence-corrected chi connectivity index (χ2v) is 25.4. The fraction of sp³-hybridized carbons (Fsp3) is 0.776. The molecule has 0 aromatic heterocycles. The van der Waals surface area contributed by atoms with Gasteiger partial charge in [-0.2, -0.15) is 0 Å². The van der Waals surface area contributed by atoms with E-state index in [0.29, 0.717) is 31.2 Å². The lowest BCUT2D eigenvalue weighted by Gasteiger charge is -2.37. The van der Waals surface area contributed by atoms with Gasteiger partial charge in [-0.3, -0.25) is 14.5 Å². The number of hydrogen-bond acceptors (Lipinski definition) is 10. The minimum atomic E-state index is -1.34. The molecule has 0 radical (unpaired) electrons. The van der Waals surface area contributed by atoms with Crippen molar-refractivity contribution in [1.29, 1.82) is 0 Å². The highest BCUT2D eigenvalue weighted by Crippen LogP contribution is 2.20. The van der Waals surface area contributed by atoms with Crippen LogP contribution in [0.5, 0.6) is 0 Å². The monoisotopic (exact) mass is 1250 g/mol. The van der Waals surface area contributed by atoms with Gasteiger partial charge in [-0.15, -0.1) is 0 Å². The van der Waals surface area contributed by atoms with Crippen molar-refractivity contribution in [3.05, 3.63) is 72.3 Å². The third-order valence-corrected chi connectivity index (χ3v) is 17.1. The molecule has 0 saturated heterocycles. The van der Waals surface area contributed by atoms with Gasteiger partial charge in [0.25, 0.3) is 0 Å². The summed E-state index contributed by atoms with van der Waals surface area (Å²) in [5.41, 5.74) is 1.65. The number of aldehydes is 1. The van der Waals surface area contributed by atoms with Crippen LogP contribution in [0.4, 0.5) is 0 Å². The Kier molecular flexibility index (Phi) is 63.5. The van der Waals surface area contributed by atoms with E-state index < -0.39 is 31.4 Å². The van der Waals surface area contributed by atoms with Crippen molar-refractivity contribution in [2.45, 2.75) is 341 Å². The Bertz CT molecular complexity index is 1810. The lowest BCUT2D eigenvalue weighted by molar-refractivity contribution is -0.125. The zero-order valence-corrected chi connectivity index (χ0v) is 58.2. The fourth-order valence-corrected chi connectivity index (χ4v) is 11.5. The lowest BCUT2D eigenvalue weighted by atomic mass is 9.81. The van der Waals surface area contributed by atoms with Crippen molar-refractivity contribution >= 4 is 36.8 Å². The summed E-state index contributed by atoms with van der Waals surface area (Å²) < 4.78 is 10.5. The van der Waals surface area contributed by atoms with E-state index in [0.717, 1.165) is 57.2 Å². The maximum Gasteiger partial charge on any atom is 0.488 e. The molecule has 0 aliphatic rings. The van der Waals surface area contributed by atoms with Crippen molar-refractivity contribution in [3.8, 4) is 0 Å². The van der Waals surface area contributed by atoms with Crippen LogP contribution in [0, 0.1) is 0 Å². The Morgan fingerprint density at radius 1 is 0.449 bits per heavy atom. The molecular formula is C76H138BN3O9. The molecule has 6 N–H and O–H groups in total. The first-order valence-electron chi connectivity index (χ1n) is 36.8. The normalized spacial score (nSPS) is 13.0. The molecule has 1 unspecified atom stereocenters. The molecule has 0 heterocycles. The molecule has 89 heavy (non-hydrogen) atoms. The standard InChI is InChI=1S/C47H86N2O3.C23H45NO4.C6H7BO2/c1-5-8-11-14-17-18-19-20-21-22-23-24-25-26-32-37-46(50)48-44(42-52-4)47(51)45(39-38-43-35-30-29-31-36-43)49(40-33-27-15-12-9-6-2)41-34-28-16-13-10-7-3;1-3-4-5-6-7-8-9-10-11-12-13-14-15-16-17-18-23(27)24-21(20-28-2)22(26)19-25;8-7(9)6-4-2-1-3-5-6/h29-31,35-36,38-39,44-45,47,51H,5-28,32-34,37,40-42H2,1-4H3,(H,48,50);19,21-22,26H,3-18,20H2,1-2H3,(H,24,27);1-5,8-9H/b39-38+;;/t44-,45?,47-;21-,22+;/m00./s1. The summed E-state index contributed by atoms with van der Waals surface area (Å²) in [4.78, 5) is 38.3. The summed E-state index contributed by atoms with van der Waals surface area (Å²) in [5, 5.41) is 44.6. The molecule has 12 nitrogen and oxygen atoms in total. The highest BCUT2D eigenvalue weighted by Gasteiger charge is 2.31. The van der Waals surface area contributed by atoms with E-state index in [2.05, 4.69) is 79.6 Å². The van der Waals surface area contributed by atoms with E-state index in [9.17, 15) is 24.6 Å². The van der Waals surface area contributed by atoms with E-state index >= 15 is 0 Å². The number of nitrogens with zero attached hydrogens (tertiary/aromatic N) is 1. The second-order valence-electron chi connectivity index (χ2n) is 25.4. The third kappa shape index (κ3) is 53.8. The fourth-order valence-electron chi connectivity index (χ4n) is 11.5. The summed E-state index contributed by atoms with van der Waals surface area (Å²) in [6, 6.07) is 17.7. The summed E-state index contributed by atoms with van der Waals surface area (Å²) >= 11 is 0. The molecule has 0 bridgehead atoms. The molecule has 0 aliphatic carbocycles. The number of hydrogen-bond donors (Lipinski definition) is 6. The lowest BCUT2D eigenvalue weighted by Crippen LogP contribution is -2.55. The van der Waals surface area contributed by atoms with Gasteiger partial charge in [0.15, 0.2) is 6.29 Å². The molecule has 2 aromatic rings. The summed E-state index contributed by atoms with van der Waals surface area (Å²) in [6.07, 6.45) is 57.8. The van der Waals surface area contributed by atoms with Crippen LogP contribution < -0.4 is 16.1 Å². The van der Waals surface area contributed by atoms with Crippen LogP contribution in [-0.2, 0) is 23.9 Å². The molecule has 5 atom stereocenters. The number of aliphatic hydroxyl groups is 2. The van der Waals surface area contributed by atoms with Gasteiger partial charge in [-0.1, -0.05) is 345 Å². The van der Waals surface area contributed by atoms with Gasteiger partial charge in [0.2, 0.25) is 11.8 Å². The number of nitrogens with one attached hydrogen (secondary N) is 2. The number of carbonyl (C=O) groups excluding carboxylic acids is 3. The molecule has 0 fully saturated rings. The number of amides is 2. The molecule has 2 aromatic carbocycles. The number of carbonyl (C=O) groups is 3. The summed E-state index contributed by atoms with van der Waals surface area (Å²) in [7, 11) is 1.80. The number of benzene rings is 2. The van der Waals surface area contributed by atoms with Crippen LogP contribution in [0.2, 0.25) is 0 Å².